The average Bonchev–Trinajstić information content (AvgIpc) is 1.86. The molecule has 2 nitrogen and oxygen atoms in total. The highest BCUT2D eigenvalue weighted by atomic mass is 16.6. The van der Waals surface area contributed by atoms with Crippen LogP contribution in [0.4, 0.5) is 0 Å². The lowest BCUT2D eigenvalue weighted by Gasteiger charge is -1.93. The number of ether oxygens (including phenoxy) is 1. The molecule has 1 heterocycles. The highest BCUT2D eigenvalue weighted by Crippen LogP contribution is 1.98. The van der Waals surface area contributed by atoms with Crippen molar-refractivity contribution < 1.29 is 9.84 Å². The first-order valence-electron chi connectivity index (χ1n) is 2.19. The molecule has 0 aliphatic carbocycles. The van der Waals surface area contributed by atoms with Crippen LogP contribution >= 0.6 is 0 Å². The molecule has 1 saturated heterocycles. The van der Waals surface area contributed by atoms with Crippen molar-refractivity contribution in [3.05, 3.63) is 0 Å². The van der Waals surface area contributed by atoms with Gasteiger partial charge in [-0.3, -0.25) is 0 Å². The fourth-order valence-corrected chi connectivity index (χ4v) is 0.561. The maximum atomic E-state index is 8.51. The van der Waals surface area contributed by atoms with E-state index in [1.54, 1.807) is 0 Å². The predicted molar refractivity (Wildman–Crippen MR) is 23.9 cm³/mol. The molecule has 0 aromatic rings. The average molecular weight is 85.9 g/mol. The van der Waals surface area contributed by atoms with Gasteiger partial charge in [-0.05, 0) is 6.32 Å². The summed E-state index contributed by atoms with van der Waals surface area (Å²) in [6.07, 6.45) is 0.561. The molecule has 1 aliphatic rings. The van der Waals surface area contributed by atoms with Gasteiger partial charge in [0.25, 0.3) is 0 Å². The Morgan fingerprint density at radius 3 is 2.83 bits per heavy atom. The molecule has 0 saturated carbocycles. The Morgan fingerprint density at radius 2 is 2.67 bits per heavy atom. The van der Waals surface area contributed by atoms with Crippen molar-refractivity contribution in [2.24, 2.45) is 0 Å². The second-order valence-corrected chi connectivity index (χ2v) is 1.47. The number of hydrogen-bond acceptors (Lipinski definition) is 2. The molecule has 0 radical (unpaired) electrons. The van der Waals surface area contributed by atoms with Crippen LogP contribution in [0.1, 0.15) is 0 Å². The van der Waals surface area contributed by atoms with E-state index in [1.807, 2.05) is 0 Å². The summed E-state index contributed by atoms with van der Waals surface area (Å²) in [5, 5.41) is 8.51. The SMILES string of the molecule is OC1BCCO1. The zero-order chi connectivity index (χ0) is 4.41. The van der Waals surface area contributed by atoms with Gasteiger partial charge in [0, 0.05) is 6.61 Å². The van der Waals surface area contributed by atoms with Gasteiger partial charge in [0.15, 0.2) is 7.28 Å². The van der Waals surface area contributed by atoms with Crippen molar-refractivity contribution in [3.63, 3.8) is 0 Å². The molecule has 0 aromatic heterocycles. The summed E-state index contributed by atoms with van der Waals surface area (Å²) >= 11 is 0. The van der Waals surface area contributed by atoms with E-state index in [9.17, 15) is 0 Å². The first-order valence-corrected chi connectivity index (χ1v) is 2.19. The molecule has 0 spiro atoms. The Kier molecular flexibility index (Phi) is 1.12. The summed E-state index contributed by atoms with van der Waals surface area (Å²) < 4.78 is 4.71. The number of rotatable bonds is 0. The van der Waals surface area contributed by atoms with E-state index in [0.29, 0.717) is 0 Å². The Bertz CT molecular complexity index is 42.1. The maximum Gasteiger partial charge on any atom is 0.194 e. The zero-order valence-corrected chi connectivity index (χ0v) is 3.55. The number of aliphatic hydroxyl groups excluding tert-OH is 1. The standard InChI is InChI=1S/C3H7BO2/c5-3-4-1-2-6-3/h3-5H,1-2H2. The molecule has 1 atom stereocenters. The minimum atomic E-state index is -0.454. The second kappa shape index (κ2) is 1.62. The van der Waals surface area contributed by atoms with Gasteiger partial charge in [0.1, 0.15) is 6.19 Å². The van der Waals surface area contributed by atoms with Crippen LogP contribution in [0.3, 0.4) is 0 Å². The van der Waals surface area contributed by atoms with Gasteiger partial charge in [0.05, 0.1) is 0 Å². The van der Waals surface area contributed by atoms with Gasteiger partial charge < -0.3 is 9.84 Å². The van der Waals surface area contributed by atoms with Crippen LogP contribution in [0.15, 0.2) is 0 Å². The number of hydrogen-bond donors (Lipinski definition) is 1. The topological polar surface area (TPSA) is 29.5 Å². The van der Waals surface area contributed by atoms with Crippen LogP contribution in [0.5, 0.6) is 0 Å². The molecular formula is C3H7BO2. The fourth-order valence-electron chi connectivity index (χ4n) is 0.561. The molecule has 0 amide bonds. The highest BCUT2D eigenvalue weighted by molar-refractivity contribution is 6.37. The third-order valence-electron chi connectivity index (χ3n) is 0.906. The smallest absolute Gasteiger partial charge is 0.194 e. The molecule has 0 bridgehead atoms. The molecule has 0 aromatic carbocycles. The minimum Gasteiger partial charge on any atom is -0.376 e. The first kappa shape index (κ1) is 4.15. The normalized spacial score (nSPS) is 33.2. The van der Waals surface area contributed by atoms with Crippen molar-refractivity contribution in [1.82, 2.24) is 0 Å². The van der Waals surface area contributed by atoms with Crippen molar-refractivity contribution in [2.75, 3.05) is 6.61 Å². The van der Waals surface area contributed by atoms with Crippen LogP contribution in [0.25, 0.3) is 0 Å². The first-order chi connectivity index (χ1) is 2.89. The fraction of sp³-hybridized carbons (Fsp3) is 1.00. The Hall–Kier alpha value is -0.0151. The summed E-state index contributed by atoms with van der Waals surface area (Å²) in [4.78, 5) is 0. The molecule has 1 fully saturated rings. The lowest BCUT2D eigenvalue weighted by Crippen LogP contribution is -2.08. The predicted octanol–water partition coefficient (Wildman–Crippen LogP) is -0.853. The molecule has 1 rings (SSSR count). The summed E-state index contributed by atoms with van der Waals surface area (Å²) in [7, 11) is 0.819. The molecule has 3 heteroatoms. The van der Waals surface area contributed by atoms with Crippen molar-refractivity contribution >= 4 is 7.28 Å². The van der Waals surface area contributed by atoms with Gasteiger partial charge in [-0.1, -0.05) is 0 Å². The minimum absolute atomic E-state index is 0.454. The van der Waals surface area contributed by atoms with Gasteiger partial charge in [-0.2, -0.15) is 0 Å². The van der Waals surface area contributed by atoms with Crippen LogP contribution in [-0.2, 0) is 4.74 Å². The molecule has 34 valence electrons. The molecule has 6 heavy (non-hydrogen) atoms. The van der Waals surface area contributed by atoms with E-state index in [-0.39, 0.29) is 0 Å². The van der Waals surface area contributed by atoms with E-state index >= 15 is 0 Å². The lowest BCUT2D eigenvalue weighted by molar-refractivity contribution is -0.0189. The summed E-state index contributed by atoms with van der Waals surface area (Å²) in [5.41, 5.74) is 0. The van der Waals surface area contributed by atoms with Gasteiger partial charge >= 0.3 is 0 Å². The van der Waals surface area contributed by atoms with Crippen LogP contribution in [0, 0.1) is 0 Å². The van der Waals surface area contributed by atoms with E-state index in [2.05, 4.69) is 0 Å². The Balaban J connectivity index is 2.18. The highest BCUT2D eigenvalue weighted by Gasteiger charge is 2.11. The third kappa shape index (κ3) is 0.728. The summed E-state index contributed by atoms with van der Waals surface area (Å²) in [6, 6.07) is 0. The summed E-state index contributed by atoms with van der Waals surface area (Å²) in [5.74, 6) is 0. The molecule has 1 aliphatic heterocycles. The van der Waals surface area contributed by atoms with E-state index in [1.165, 1.54) is 0 Å². The van der Waals surface area contributed by atoms with Crippen molar-refractivity contribution in [2.45, 2.75) is 12.5 Å². The van der Waals surface area contributed by atoms with Crippen LogP contribution in [0.2, 0.25) is 6.32 Å². The molecule has 1 N–H and O–H groups in total. The van der Waals surface area contributed by atoms with E-state index < -0.39 is 6.19 Å². The van der Waals surface area contributed by atoms with E-state index in [4.69, 9.17) is 9.84 Å². The van der Waals surface area contributed by atoms with Gasteiger partial charge in [0.2, 0.25) is 0 Å². The van der Waals surface area contributed by atoms with Crippen molar-refractivity contribution in [1.29, 1.82) is 0 Å². The van der Waals surface area contributed by atoms with Gasteiger partial charge in [-0.25, -0.2) is 0 Å². The lowest BCUT2D eigenvalue weighted by atomic mass is 9.77. The maximum absolute atomic E-state index is 8.51. The Morgan fingerprint density at radius 1 is 1.83 bits per heavy atom. The third-order valence-corrected chi connectivity index (χ3v) is 0.906. The second-order valence-electron chi connectivity index (χ2n) is 1.47. The molecular weight excluding hydrogens is 78.8 g/mol. The summed E-state index contributed by atoms with van der Waals surface area (Å²) in [6.45, 7) is 0.737. The Labute approximate surface area is 37.4 Å². The number of aliphatic hydroxyl groups is 1. The van der Waals surface area contributed by atoms with E-state index in [0.717, 1.165) is 20.2 Å². The molecule has 1 unspecified atom stereocenters. The van der Waals surface area contributed by atoms with Crippen LogP contribution in [-0.4, -0.2) is 25.2 Å². The van der Waals surface area contributed by atoms with Crippen molar-refractivity contribution in [3.8, 4) is 0 Å². The quantitative estimate of drug-likeness (QED) is 0.389. The largest absolute Gasteiger partial charge is 0.376 e. The van der Waals surface area contributed by atoms with Gasteiger partial charge in [-0.15, -0.1) is 0 Å². The zero-order valence-electron chi connectivity index (χ0n) is 3.55. The van der Waals surface area contributed by atoms with Crippen LogP contribution < -0.4 is 0 Å². The monoisotopic (exact) mass is 86.1 g/mol.